The monoisotopic (exact) mass is 757 g/mol. The molecule has 1 aliphatic carbocycles. The third-order valence-electron chi connectivity index (χ3n) is 8.66. The summed E-state index contributed by atoms with van der Waals surface area (Å²) >= 11 is 1.89. The van der Waals surface area contributed by atoms with Crippen LogP contribution in [0.15, 0.2) is 113 Å². The van der Waals surface area contributed by atoms with Gasteiger partial charge in [-0.15, -0.1) is 48.1 Å². The van der Waals surface area contributed by atoms with Gasteiger partial charge in [-0.25, -0.2) is 0 Å². The molecule has 4 aromatic carbocycles. The molecule has 5 heteroatoms. The number of hydrogen-bond donors (Lipinski definition) is 0. The Labute approximate surface area is 273 Å². The molecule has 0 atom stereocenters. The molecular weight excluding hydrogens is 723 g/mol. The average Bonchev–Trinajstić information content (AvgIpc) is 3.42. The van der Waals surface area contributed by atoms with Crippen LogP contribution in [0.5, 0.6) is 0 Å². The Hall–Kier alpha value is -3.37. The molecule has 3 heterocycles. The van der Waals surface area contributed by atoms with Crippen molar-refractivity contribution in [2.24, 2.45) is 0 Å². The first-order chi connectivity index (χ1) is 20.3. The standard InChI is InChI=1S/C27H26N2S.C11H8N.Ir/c1-26(2)13-14-27(3,4)20-16-24-22(15-19(20)26)29-17-28(18-9-6-5-7-10-18)21-11-8-12-23(30-24)25(21)29;1-2-6-10(7-3-1)11-8-4-5-9-12-11;/h5-12,16-17H,13-14H2,1-4H3;1-6,8-9H;/q-2;-1;+3. The summed E-state index contributed by atoms with van der Waals surface area (Å²) in [6.07, 6.45) is 4.22. The Morgan fingerprint density at radius 2 is 1.56 bits per heavy atom. The van der Waals surface area contributed by atoms with Crippen molar-refractivity contribution in [3.05, 3.63) is 133 Å². The Balaban J connectivity index is 0.000000213. The second-order valence-electron chi connectivity index (χ2n) is 12.4. The molecule has 3 aliphatic rings. The molecule has 0 saturated carbocycles. The summed E-state index contributed by atoms with van der Waals surface area (Å²) in [7, 11) is 0. The molecule has 0 spiro atoms. The third kappa shape index (κ3) is 5.44. The Bertz CT molecular complexity index is 1700. The van der Waals surface area contributed by atoms with E-state index in [9.17, 15) is 0 Å². The minimum atomic E-state index is 0. The zero-order valence-corrected chi connectivity index (χ0v) is 28.1. The van der Waals surface area contributed by atoms with Gasteiger partial charge in [0.05, 0.1) is 0 Å². The van der Waals surface area contributed by atoms with Crippen LogP contribution >= 0.6 is 11.8 Å². The topological polar surface area (TPSA) is 19.4 Å². The molecule has 0 saturated heterocycles. The van der Waals surface area contributed by atoms with Crippen molar-refractivity contribution in [1.82, 2.24) is 4.98 Å². The van der Waals surface area contributed by atoms with Gasteiger partial charge < -0.3 is 14.8 Å². The van der Waals surface area contributed by atoms with E-state index in [0.29, 0.717) is 0 Å². The van der Waals surface area contributed by atoms with Crippen LogP contribution in [0.4, 0.5) is 22.7 Å². The second-order valence-corrected chi connectivity index (χ2v) is 13.5. The molecule has 1 aromatic heterocycles. The van der Waals surface area contributed by atoms with Crippen LogP contribution < -0.4 is 9.80 Å². The van der Waals surface area contributed by atoms with Gasteiger partial charge in [-0.2, -0.15) is 29.5 Å². The summed E-state index contributed by atoms with van der Waals surface area (Å²) in [4.78, 5) is 11.5. The Morgan fingerprint density at radius 3 is 2.30 bits per heavy atom. The first kappa shape index (κ1) is 29.7. The van der Waals surface area contributed by atoms with Gasteiger partial charge in [-0.05, 0) is 47.9 Å². The van der Waals surface area contributed by atoms with Crippen LogP contribution in [-0.4, -0.2) is 4.98 Å². The van der Waals surface area contributed by atoms with Gasteiger partial charge in [-0.1, -0.05) is 86.5 Å². The van der Waals surface area contributed by atoms with Gasteiger partial charge in [0.15, 0.2) is 0 Å². The maximum absolute atomic E-state index is 4.22. The van der Waals surface area contributed by atoms with Crippen molar-refractivity contribution in [2.45, 2.75) is 61.2 Å². The van der Waals surface area contributed by atoms with E-state index in [1.165, 1.54) is 56.5 Å². The molecule has 0 unspecified atom stereocenters. The van der Waals surface area contributed by atoms with Gasteiger partial charge >= 0.3 is 20.1 Å². The number of benzene rings is 4. The molecule has 8 rings (SSSR count). The third-order valence-corrected chi connectivity index (χ3v) is 9.74. The van der Waals surface area contributed by atoms with Gasteiger partial charge in [0.2, 0.25) is 0 Å². The molecule has 0 radical (unpaired) electrons. The van der Waals surface area contributed by atoms with Crippen molar-refractivity contribution in [1.29, 1.82) is 0 Å². The zero-order valence-electron chi connectivity index (χ0n) is 24.9. The van der Waals surface area contributed by atoms with Crippen molar-refractivity contribution >= 4 is 34.5 Å². The van der Waals surface area contributed by atoms with E-state index in [1.54, 1.807) is 6.20 Å². The van der Waals surface area contributed by atoms with E-state index in [-0.39, 0.29) is 30.9 Å². The summed E-state index contributed by atoms with van der Waals surface area (Å²) in [6, 6.07) is 40.5. The normalized spacial score (nSPS) is 16.6. The quantitative estimate of drug-likeness (QED) is 0.167. The summed E-state index contributed by atoms with van der Waals surface area (Å²) in [5.74, 6) is 0. The van der Waals surface area contributed by atoms with Crippen LogP contribution in [0.3, 0.4) is 0 Å². The van der Waals surface area contributed by atoms with Crippen molar-refractivity contribution in [3.63, 3.8) is 0 Å². The Morgan fingerprint density at radius 1 is 0.791 bits per heavy atom. The fourth-order valence-electron chi connectivity index (χ4n) is 6.15. The van der Waals surface area contributed by atoms with E-state index >= 15 is 0 Å². The molecule has 0 bridgehead atoms. The van der Waals surface area contributed by atoms with Crippen molar-refractivity contribution in [3.8, 4) is 11.3 Å². The molecule has 5 aromatic rings. The minimum absolute atomic E-state index is 0. The summed E-state index contributed by atoms with van der Waals surface area (Å²) in [5.41, 5.74) is 10.1. The molecule has 0 N–H and O–H groups in total. The van der Waals surface area contributed by atoms with E-state index in [0.717, 1.165) is 11.3 Å². The number of para-hydroxylation sites is 2. The predicted molar refractivity (Wildman–Crippen MR) is 175 cm³/mol. The number of fused-ring (bicyclic) bond motifs is 3. The largest absolute Gasteiger partial charge is 3.00 e. The molecule has 3 nitrogen and oxygen atoms in total. The smallest absolute Gasteiger partial charge is 0.492 e. The van der Waals surface area contributed by atoms with Crippen LogP contribution in [0.1, 0.15) is 51.7 Å². The molecule has 0 fully saturated rings. The van der Waals surface area contributed by atoms with Crippen LogP contribution in [-0.2, 0) is 30.9 Å². The zero-order chi connectivity index (χ0) is 28.9. The number of hydrogen-bond acceptors (Lipinski definition) is 4. The van der Waals surface area contributed by atoms with Crippen molar-refractivity contribution in [2.75, 3.05) is 9.80 Å². The predicted octanol–water partition coefficient (Wildman–Crippen LogP) is 10.3. The average molecular weight is 757 g/mol. The number of anilines is 4. The molecule has 2 aliphatic heterocycles. The second kappa shape index (κ2) is 11.6. The maximum atomic E-state index is 4.22. The Kier molecular flexibility index (Phi) is 8.02. The van der Waals surface area contributed by atoms with Crippen LogP contribution in [0, 0.1) is 18.8 Å². The van der Waals surface area contributed by atoms with E-state index in [4.69, 9.17) is 0 Å². The SMILES string of the molecule is CC1(C)CCC(C)(C)c2cc3c([c-]c21)N1[CH-]N(c2ccccc2)c2cccc(c21)S3.[Ir+3].[c-]1ccccc1-c1ccccn1. The van der Waals surface area contributed by atoms with E-state index in [1.807, 2.05) is 54.2 Å². The van der Waals surface area contributed by atoms with Gasteiger partial charge in [0.25, 0.3) is 0 Å². The number of aromatic nitrogens is 1. The first-order valence-electron chi connectivity index (χ1n) is 14.6. The number of pyridine rings is 1. The fraction of sp³-hybridized carbons (Fsp3) is 0.211. The molecule has 0 amide bonds. The van der Waals surface area contributed by atoms with E-state index in [2.05, 4.69) is 116 Å². The minimum Gasteiger partial charge on any atom is -0.492 e. The molecular formula is C38H34IrN3S. The number of rotatable bonds is 2. The van der Waals surface area contributed by atoms with Gasteiger partial charge in [0, 0.05) is 28.2 Å². The maximum Gasteiger partial charge on any atom is 3.00 e. The van der Waals surface area contributed by atoms with E-state index < -0.39 is 0 Å². The first-order valence-corrected chi connectivity index (χ1v) is 15.4. The summed E-state index contributed by atoms with van der Waals surface area (Å²) < 4.78 is 0. The van der Waals surface area contributed by atoms with Gasteiger partial charge in [0.1, 0.15) is 0 Å². The summed E-state index contributed by atoms with van der Waals surface area (Å²) in [5, 5.41) is 0. The van der Waals surface area contributed by atoms with Gasteiger partial charge in [-0.3, -0.25) is 0 Å². The summed E-state index contributed by atoms with van der Waals surface area (Å²) in [6.45, 7) is 11.8. The molecule has 43 heavy (non-hydrogen) atoms. The van der Waals surface area contributed by atoms with Crippen LogP contribution in [0.25, 0.3) is 11.3 Å². The van der Waals surface area contributed by atoms with Crippen LogP contribution in [0.2, 0.25) is 0 Å². The fourth-order valence-corrected chi connectivity index (χ4v) is 7.26. The van der Waals surface area contributed by atoms with Crippen molar-refractivity contribution < 1.29 is 20.1 Å². The number of nitrogens with zero attached hydrogens (tertiary/aromatic N) is 3. The molecule has 216 valence electrons.